The molecule has 2 atom stereocenters. The number of nitrogens with one attached hydrogen (secondary N) is 3. The topological polar surface area (TPSA) is 88.7 Å². The van der Waals surface area contributed by atoms with Crippen molar-refractivity contribution in [1.82, 2.24) is 5.32 Å². The molecule has 2 aliphatic rings. The first-order valence-corrected chi connectivity index (χ1v) is 9.57. The maximum Gasteiger partial charge on any atom is 0.276 e. The molecule has 0 aliphatic carbocycles. The van der Waals surface area contributed by atoms with Gasteiger partial charge in [0.25, 0.3) is 11.6 Å². The summed E-state index contributed by atoms with van der Waals surface area (Å²) in [7, 11) is 0. The van der Waals surface area contributed by atoms with Crippen LogP contribution in [0.25, 0.3) is 0 Å². The lowest BCUT2D eigenvalue weighted by Gasteiger charge is -2.28. The lowest BCUT2D eigenvalue weighted by atomic mass is 9.99. The number of benzene rings is 1. The molecule has 4 rings (SSSR count). The first kappa shape index (κ1) is 17.0. The number of quaternary nitrogens is 1. The van der Waals surface area contributed by atoms with Gasteiger partial charge in [-0.05, 0) is 25.5 Å². The molecule has 0 spiro atoms. The molecule has 2 aliphatic heterocycles. The van der Waals surface area contributed by atoms with Gasteiger partial charge in [0.1, 0.15) is 17.7 Å². The summed E-state index contributed by atoms with van der Waals surface area (Å²) in [6.07, 6.45) is 0.296. The fourth-order valence-electron chi connectivity index (χ4n) is 3.76. The van der Waals surface area contributed by atoms with Crippen molar-refractivity contribution in [3.8, 4) is 0 Å². The van der Waals surface area contributed by atoms with Gasteiger partial charge in [-0.3, -0.25) is 14.9 Å². The number of anilines is 1. The van der Waals surface area contributed by atoms with Crippen molar-refractivity contribution < 1.29 is 14.6 Å². The number of thiophene rings is 1. The zero-order valence-electron chi connectivity index (χ0n) is 14.7. The van der Waals surface area contributed by atoms with Gasteiger partial charge >= 0.3 is 0 Å². The number of rotatable bonds is 3. The van der Waals surface area contributed by atoms with Crippen LogP contribution in [-0.2, 0) is 13.0 Å². The third-order valence-electron chi connectivity index (χ3n) is 5.21. The Kier molecular flexibility index (Phi) is 4.16. The molecule has 0 saturated heterocycles. The highest BCUT2D eigenvalue weighted by molar-refractivity contribution is 7.16. The fraction of sp³-hybridized carbons (Fsp3) is 0.389. The van der Waals surface area contributed by atoms with E-state index < -0.39 is 11.1 Å². The van der Waals surface area contributed by atoms with Gasteiger partial charge < -0.3 is 15.5 Å². The molecule has 1 aromatic carbocycles. The van der Waals surface area contributed by atoms with Crippen molar-refractivity contribution in [2.24, 2.45) is 0 Å². The number of carbonyl (C=O) groups is 1. The number of amides is 1. The van der Waals surface area contributed by atoms with Crippen molar-refractivity contribution in [2.75, 3.05) is 11.9 Å². The maximum atomic E-state index is 12.8. The standard InChI is InChI=1S/C18H20N4O3S/c1-10(2)21-8-7-12-14(9-21)26-18-15(12)17(23)19-16(20-18)11-5-3-4-6-13(11)22(24)25/h3-6,10,16,20H,7-9H2,1-2H3,(H,19,23)/p+1/t16-/m1/s1. The zero-order chi connectivity index (χ0) is 18.4. The summed E-state index contributed by atoms with van der Waals surface area (Å²) in [6.45, 7) is 6.37. The van der Waals surface area contributed by atoms with Crippen LogP contribution in [0.4, 0.5) is 10.7 Å². The summed E-state index contributed by atoms with van der Waals surface area (Å²) < 4.78 is 0. The summed E-state index contributed by atoms with van der Waals surface area (Å²) in [6, 6.07) is 7.06. The molecule has 0 fully saturated rings. The minimum absolute atomic E-state index is 0.00509. The summed E-state index contributed by atoms with van der Waals surface area (Å²) in [5.41, 5.74) is 2.34. The SMILES string of the molecule is CC(C)[NH+]1CCc2c(sc3c2C(=O)N[C@@H](c2ccccc2[N+](=O)[O-])N3)C1. The molecule has 26 heavy (non-hydrogen) atoms. The van der Waals surface area contributed by atoms with Crippen molar-refractivity contribution >= 4 is 27.9 Å². The van der Waals surface area contributed by atoms with E-state index in [1.54, 1.807) is 29.5 Å². The molecule has 1 amide bonds. The van der Waals surface area contributed by atoms with E-state index in [-0.39, 0.29) is 11.6 Å². The van der Waals surface area contributed by atoms with Gasteiger partial charge in [0.2, 0.25) is 0 Å². The van der Waals surface area contributed by atoms with Crippen LogP contribution in [0, 0.1) is 10.1 Å². The second kappa shape index (κ2) is 6.37. The van der Waals surface area contributed by atoms with E-state index in [1.165, 1.54) is 15.8 Å². The number of fused-ring (bicyclic) bond motifs is 3. The Labute approximate surface area is 155 Å². The largest absolute Gasteiger partial charge is 0.352 e. The van der Waals surface area contributed by atoms with Crippen molar-refractivity contribution in [2.45, 2.75) is 39.0 Å². The van der Waals surface area contributed by atoms with E-state index in [0.717, 1.165) is 35.6 Å². The Bertz CT molecular complexity index is 893. The number of carbonyl (C=O) groups excluding carboxylic acids is 1. The normalized spacial score (nSPS) is 21.6. The Balaban J connectivity index is 1.69. The van der Waals surface area contributed by atoms with Crippen LogP contribution in [0.5, 0.6) is 0 Å². The highest BCUT2D eigenvalue weighted by atomic mass is 32.1. The quantitative estimate of drug-likeness (QED) is 0.566. The van der Waals surface area contributed by atoms with Crippen LogP contribution in [0.3, 0.4) is 0 Å². The highest BCUT2D eigenvalue weighted by Gasteiger charge is 2.36. The second-order valence-electron chi connectivity index (χ2n) is 7.06. The monoisotopic (exact) mass is 373 g/mol. The molecule has 0 saturated carbocycles. The minimum Gasteiger partial charge on any atom is -0.352 e. The van der Waals surface area contributed by atoms with Crippen LogP contribution >= 0.6 is 11.3 Å². The van der Waals surface area contributed by atoms with Gasteiger partial charge in [-0.1, -0.05) is 12.1 Å². The third-order valence-corrected chi connectivity index (χ3v) is 6.38. The van der Waals surface area contributed by atoms with E-state index in [0.29, 0.717) is 11.6 Å². The minimum atomic E-state index is -0.592. The van der Waals surface area contributed by atoms with E-state index >= 15 is 0 Å². The molecule has 1 aromatic heterocycles. The predicted molar refractivity (Wildman–Crippen MR) is 99.6 cm³/mol. The summed E-state index contributed by atoms with van der Waals surface area (Å²) in [5.74, 6) is -0.146. The number of nitro groups is 1. The number of nitro benzene ring substituents is 1. The van der Waals surface area contributed by atoms with Gasteiger partial charge in [-0.2, -0.15) is 0 Å². The Morgan fingerprint density at radius 2 is 2.08 bits per heavy atom. The van der Waals surface area contributed by atoms with Crippen LogP contribution in [0.1, 0.15) is 46.4 Å². The molecule has 0 radical (unpaired) electrons. The lowest BCUT2D eigenvalue weighted by Crippen LogP contribution is -3.14. The Morgan fingerprint density at radius 3 is 2.81 bits per heavy atom. The summed E-state index contributed by atoms with van der Waals surface area (Å²) in [5, 5.41) is 18.4. The zero-order valence-corrected chi connectivity index (χ0v) is 15.5. The molecule has 1 unspecified atom stereocenters. The fourth-order valence-corrected chi connectivity index (χ4v) is 5.08. The van der Waals surface area contributed by atoms with E-state index in [1.807, 2.05) is 0 Å². The first-order chi connectivity index (χ1) is 12.5. The van der Waals surface area contributed by atoms with Crippen LogP contribution < -0.4 is 15.5 Å². The third kappa shape index (κ3) is 2.75. The van der Waals surface area contributed by atoms with Gasteiger partial charge in [0.05, 0.1) is 33.5 Å². The number of para-hydroxylation sites is 1. The number of hydrogen-bond donors (Lipinski definition) is 3. The molecule has 0 bridgehead atoms. The van der Waals surface area contributed by atoms with Crippen LogP contribution in [-0.4, -0.2) is 23.4 Å². The Morgan fingerprint density at radius 1 is 1.31 bits per heavy atom. The highest BCUT2D eigenvalue weighted by Crippen LogP contribution is 2.40. The van der Waals surface area contributed by atoms with E-state index in [9.17, 15) is 14.9 Å². The number of nitrogens with zero attached hydrogens (tertiary/aromatic N) is 1. The van der Waals surface area contributed by atoms with Gasteiger partial charge in [0.15, 0.2) is 0 Å². The smallest absolute Gasteiger partial charge is 0.276 e. The number of hydrogen-bond acceptors (Lipinski definition) is 5. The molecular formula is C18H21N4O3S+. The Hall–Kier alpha value is -2.45. The van der Waals surface area contributed by atoms with Crippen LogP contribution in [0.15, 0.2) is 24.3 Å². The van der Waals surface area contributed by atoms with Crippen molar-refractivity contribution in [3.05, 3.63) is 55.9 Å². The lowest BCUT2D eigenvalue weighted by molar-refractivity contribution is -0.936. The summed E-state index contributed by atoms with van der Waals surface area (Å²) >= 11 is 1.61. The maximum absolute atomic E-state index is 12.8. The molecule has 7 nitrogen and oxygen atoms in total. The first-order valence-electron chi connectivity index (χ1n) is 8.75. The van der Waals surface area contributed by atoms with E-state index in [2.05, 4.69) is 24.5 Å². The summed E-state index contributed by atoms with van der Waals surface area (Å²) in [4.78, 5) is 26.4. The van der Waals surface area contributed by atoms with Gasteiger partial charge in [-0.25, -0.2) is 0 Å². The molecule has 3 heterocycles. The predicted octanol–water partition coefficient (Wildman–Crippen LogP) is 1.86. The van der Waals surface area contributed by atoms with Crippen LogP contribution in [0.2, 0.25) is 0 Å². The van der Waals surface area contributed by atoms with E-state index in [4.69, 9.17) is 0 Å². The van der Waals surface area contributed by atoms with Crippen molar-refractivity contribution in [3.63, 3.8) is 0 Å². The average Bonchev–Trinajstić information content (AvgIpc) is 2.99. The average molecular weight is 373 g/mol. The van der Waals surface area contributed by atoms with Crippen molar-refractivity contribution in [1.29, 1.82) is 0 Å². The molecule has 3 N–H and O–H groups in total. The molecule has 2 aromatic rings. The second-order valence-corrected chi connectivity index (χ2v) is 8.17. The molecular weight excluding hydrogens is 352 g/mol. The van der Waals surface area contributed by atoms with Gasteiger partial charge in [0, 0.05) is 12.5 Å². The molecule has 8 heteroatoms. The van der Waals surface area contributed by atoms with Gasteiger partial charge in [-0.15, -0.1) is 11.3 Å². The molecule has 136 valence electrons.